The van der Waals surface area contributed by atoms with Crippen LogP contribution in [-0.4, -0.2) is 39.0 Å². The molecule has 49 heavy (non-hydrogen) atoms. The molecular weight excluding hydrogens is 611 g/mol. The number of aryl methyl sites for hydroxylation is 4. The van der Waals surface area contributed by atoms with Gasteiger partial charge in [-0.25, -0.2) is 4.39 Å². The Morgan fingerprint density at radius 3 is 1.16 bits per heavy atom. The van der Waals surface area contributed by atoms with Crippen LogP contribution < -0.4 is 0 Å². The third-order valence-electron chi connectivity index (χ3n) is 9.21. The maximum atomic E-state index is 12.6. The van der Waals surface area contributed by atoms with Crippen molar-refractivity contribution in [2.45, 2.75) is 141 Å². The highest BCUT2D eigenvalue weighted by Crippen LogP contribution is 2.27. The molecular formula is C44H73FO4. The summed E-state index contributed by atoms with van der Waals surface area (Å²) in [6, 6.07) is 13.7. The number of ether oxygens (including phenoxy) is 4. The predicted octanol–water partition coefficient (Wildman–Crippen LogP) is 12.4. The summed E-state index contributed by atoms with van der Waals surface area (Å²) >= 11 is 0. The molecule has 2 aliphatic carbocycles. The zero-order valence-corrected chi connectivity index (χ0v) is 33.4. The summed E-state index contributed by atoms with van der Waals surface area (Å²) in [4.78, 5) is 0. The van der Waals surface area contributed by atoms with E-state index in [4.69, 9.17) is 18.9 Å². The lowest BCUT2D eigenvalue weighted by Crippen LogP contribution is -2.27. The summed E-state index contributed by atoms with van der Waals surface area (Å²) < 4.78 is 33.3. The van der Waals surface area contributed by atoms with Crippen LogP contribution in [-0.2, 0) is 18.9 Å². The van der Waals surface area contributed by atoms with Crippen molar-refractivity contribution < 1.29 is 23.3 Å². The van der Waals surface area contributed by atoms with Gasteiger partial charge in [0.2, 0.25) is 0 Å². The molecule has 2 heterocycles. The predicted molar refractivity (Wildman–Crippen MR) is 206 cm³/mol. The first-order valence-electron chi connectivity index (χ1n) is 19.0. The molecule has 6 rings (SSSR count). The Bertz CT molecular complexity index is 1020. The lowest BCUT2D eigenvalue weighted by atomic mass is 9.84. The molecule has 2 aromatic carbocycles. The van der Waals surface area contributed by atoms with E-state index < -0.39 is 0 Å². The summed E-state index contributed by atoms with van der Waals surface area (Å²) in [5.41, 5.74) is 5.92. The fourth-order valence-electron chi connectivity index (χ4n) is 5.25. The van der Waals surface area contributed by atoms with Gasteiger partial charge in [-0.2, -0.15) is 0 Å². The van der Waals surface area contributed by atoms with E-state index in [0.29, 0.717) is 17.4 Å². The lowest BCUT2D eigenvalue weighted by molar-refractivity contribution is -0.187. The second-order valence-electron chi connectivity index (χ2n) is 15.4. The van der Waals surface area contributed by atoms with Gasteiger partial charge in [-0.15, -0.1) is 0 Å². The average molecular weight is 685 g/mol. The summed E-state index contributed by atoms with van der Waals surface area (Å²) in [7, 11) is 0. The molecule has 0 radical (unpaired) electrons. The van der Waals surface area contributed by atoms with Gasteiger partial charge in [-0.1, -0.05) is 119 Å². The van der Waals surface area contributed by atoms with Crippen molar-refractivity contribution in [3.05, 3.63) is 82.2 Å². The first kappa shape index (κ1) is 45.0. The van der Waals surface area contributed by atoms with Gasteiger partial charge in [0.25, 0.3) is 0 Å². The number of hydrogen-bond acceptors (Lipinski definition) is 4. The van der Waals surface area contributed by atoms with Crippen LogP contribution in [0.3, 0.4) is 0 Å². The van der Waals surface area contributed by atoms with Crippen molar-refractivity contribution in [1.29, 1.82) is 0 Å². The van der Waals surface area contributed by atoms with Crippen LogP contribution in [0.25, 0.3) is 0 Å². The molecule has 2 aliphatic heterocycles. The average Bonchev–Trinajstić information content (AvgIpc) is 3.08. The molecule has 0 N–H and O–H groups in total. The van der Waals surface area contributed by atoms with E-state index in [9.17, 15) is 4.39 Å². The van der Waals surface area contributed by atoms with Gasteiger partial charge >= 0.3 is 0 Å². The second kappa shape index (κ2) is 25.8. The number of allylic oxidation sites excluding steroid dienone is 2. The zero-order chi connectivity index (χ0) is 36.8. The molecule has 0 amide bonds. The van der Waals surface area contributed by atoms with Crippen molar-refractivity contribution in [2.24, 2.45) is 29.6 Å². The van der Waals surface area contributed by atoms with E-state index in [1.807, 2.05) is 26.8 Å². The highest BCUT2D eigenvalue weighted by atomic mass is 19.1. The highest BCUT2D eigenvalue weighted by Gasteiger charge is 2.15. The van der Waals surface area contributed by atoms with Crippen LogP contribution in [0.5, 0.6) is 0 Å². The largest absolute Gasteiger partial charge is 0.353 e. The Morgan fingerprint density at radius 2 is 0.878 bits per heavy atom. The number of halogens is 1. The van der Waals surface area contributed by atoms with Crippen LogP contribution in [0.2, 0.25) is 0 Å². The van der Waals surface area contributed by atoms with Crippen molar-refractivity contribution >= 4 is 0 Å². The molecule has 280 valence electrons. The fourth-order valence-corrected chi connectivity index (χ4v) is 5.25. The molecule has 1 unspecified atom stereocenters. The Labute approximate surface area is 301 Å². The molecule has 5 heteroatoms. The molecule has 4 nitrogen and oxygen atoms in total. The van der Waals surface area contributed by atoms with Gasteiger partial charge in [-0.05, 0) is 103 Å². The maximum absolute atomic E-state index is 12.6. The van der Waals surface area contributed by atoms with Gasteiger partial charge in [0.05, 0.1) is 26.4 Å². The minimum Gasteiger partial charge on any atom is -0.353 e. The molecule has 1 atom stereocenters. The van der Waals surface area contributed by atoms with Crippen LogP contribution in [0.15, 0.2) is 54.1 Å². The van der Waals surface area contributed by atoms with E-state index >= 15 is 0 Å². The van der Waals surface area contributed by atoms with Gasteiger partial charge in [0.15, 0.2) is 12.6 Å². The van der Waals surface area contributed by atoms with Gasteiger partial charge < -0.3 is 18.9 Å². The van der Waals surface area contributed by atoms with Gasteiger partial charge in [0, 0.05) is 11.8 Å². The maximum Gasteiger partial charge on any atom is 0.154 e. The molecule has 4 aliphatic rings. The molecule has 3 fully saturated rings. The standard InChI is InChI=1S/C8H9F.C8H16.C8H14.C8H10.2C6H12O2/c1-6-3-4-7(2)8(9)5-6;3*1-7-3-5-8(2)6-4-7;2*1-5-3-7-6(2)8-4-5/h3-5H,1-2H3;7-8H,3-6H2,1-2H3;3,8H,4-6H2,1-2H3;3-6H,1-2H3;2*5-6H,3-4H2,1-2H3. The zero-order valence-electron chi connectivity index (χ0n) is 33.4. The third kappa shape index (κ3) is 23.9. The van der Waals surface area contributed by atoms with Crippen molar-refractivity contribution in [2.75, 3.05) is 26.4 Å². The fraction of sp³-hybridized carbons (Fsp3) is 0.682. The Morgan fingerprint density at radius 1 is 0.490 bits per heavy atom. The van der Waals surface area contributed by atoms with Crippen LogP contribution in [0.1, 0.15) is 123 Å². The summed E-state index contributed by atoms with van der Waals surface area (Å²) in [5.74, 6) is 4.02. The van der Waals surface area contributed by atoms with Gasteiger partial charge in [0.1, 0.15) is 5.82 Å². The summed E-state index contributed by atoms with van der Waals surface area (Å²) in [5, 5.41) is 0. The van der Waals surface area contributed by atoms with Crippen LogP contribution >= 0.6 is 0 Å². The minimum absolute atomic E-state index is 0.0196. The topological polar surface area (TPSA) is 36.9 Å². The monoisotopic (exact) mass is 685 g/mol. The highest BCUT2D eigenvalue weighted by molar-refractivity contribution is 5.21. The minimum atomic E-state index is -0.116. The molecule has 1 saturated carbocycles. The Hall–Kier alpha value is -2.05. The van der Waals surface area contributed by atoms with Crippen LogP contribution in [0.4, 0.5) is 4.39 Å². The van der Waals surface area contributed by atoms with Crippen molar-refractivity contribution in [3.8, 4) is 0 Å². The SMILES string of the molecule is CC1=CCC(C)CC1.CC1CCC(C)CC1.CC1COC(C)OC1.CC1COC(C)OC1.Cc1ccc(C)c(F)c1.Cc1ccc(C)cc1. The van der Waals surface area contributed by atoms with E-state index in [0.717, 1.165) is 49.7 Å². The van der Waals surface area contributed by atoms with Gasteiger partial charge in [-0.3, -0.25) is 0 Å². The quantitative estimate of drug-likeness (QED) is 0.259. The molecule has 2 aromatic rings. The third-order valence-corrected chi connectivity index (χ3v) is 9.21. The van der Waals surface area contributed by atoms with E-state index in [1.54, 1.807) is 18.6 Å². The lowest BCUT2D eigenvalue weighted by Gasteiger charge is -2.24. The van der Waals surface area contributed by atoms with Crippen molar-refractivity contribution in [1.82, 2.24) is 0 Å². The smallest absolute Gasteiger partial charge is 0.154 e. The molecule has 0 bridgehead atoms. The number of rotatable bonds is 0. The normalized spacial score (nSPS) is 27.6. The van der Waals surface area contributed by atoms with E-state index in [2.05, 4.69) is 85.7 Å². The number of hydrogen-bond donors (Lipinski definition) is 0. The van der Waals surface area contributed by atoms with E-state index in [-0.39, 0.29) is 18.4 Å². The molecule has 0 spiro atoms. The summed E-state index contributed by atoms with van der Waals surface area (Å²) in [6.07, 6.45) is 12.4. The van der Waals surface area contributed by atoms with E-state index in [1.165, 1.54) is 62.1 Å². The first-order valence-corrected chi connectivity index (χ1v) is 19.0. The first-order chi connectivity index (χ1) is 23.1. The second-order valence-corrected chi connectivity index (χ2v) is 15.4. The number of benzene rings is 2. The Kier molecular flexibility index (Phi) is 23.7. The Balaban J connectivity index is 0.000000294. The molecule has 2 saturated heterocycles. The van der Waals surface area contributed by atoms with Crippen molar-refractivity contribution in [3.63, 3.8) is 0 Å². The molecule has 0 aromatic heterocycles. The van der Waals surface area contributed by atoms with Crippen LogP contribution in [0, 0.1) is 63.1 Å². The summed E-state index contributed by atoms with van der Waals surface area (Å²) in [6.45, 7) is 28.6.